The highest BCUT2D eigenvalue weighted by Crippen LogP contribution is 2.44. The fourth-order valence-electron chi connectivity index (χ4n) is 3.63. The number of rotatable bonds is 6. The predicted octanol–water partition coefficient (Wildman–Crippen LogP) is 3.20. The number of H-pyrrole nitrogens is 1. The van der Waals surface area contributed by atoms with E-state index in [1.807, 2.05) is 0 Å². The van der Waals surface area contributed by atoms with Gasteiger partial charge in [-0.2, -0.15) is 5.10 Å². The van der Waals surface area contributed by atoms with Gasteiger partial charge in [-0.05, 0) is 55.6 Å². The maximum Gasteiger partial charge on any atom is 0.230 e. The maximum atomic E-state index is 13.2. The molecule has 4 rings (SSSR count). The number of aromatic amines is 1. The van der Waals surface area contributed by atoms with E-state index in [2.05, 4.69) is 20.1 Å². The van der Waals surface area contributed by atoms with E-state index in [-0.39, 0.29) is 11.7 Å². The van der Waals surface area contributed by atoms with Crippen LogP contribution in [-0.2, 0) is 16.6 Å². The van der Waals surface area contributed by atoms with Crippen LogP contribution in [0.25, 0.3) is 0 Å². The Balaban J connectivity index is 1.41. The molecule has 1 aromatic carbocycles. The summed E-state index contributed by atoms with van der Waals surface area (Å²) in [7, 11) is 0. The van der Waals surface area contributed by atoms with Crippen LogP contribution in [0.3, 0.4) is 0 Å². The van der Waals surface area contributed by atoms with Crippen LogP contribution in [-0.4, -0.2) is 27.2 Å². The summed E-state index contributed by atoms with van der Waals surface area (Å²) in [5.74, 6) is 0.649. The van der Waals surface area contributed by atoms with Gasteiger partial charge in [0, 0.05) is 19.0 Å². The van der Waals surface area contributed by atoms with Gasteiger partial charge >= 0.3 is 0 Å². The summed E-state index contributed by atoms with van der Waals surface area (Å²) in [5.41, 5.74) is 0.396. The van der Waals surface area contributed by atoms with Gasteiger partial charge in [0.25, 0.3) is 0 Å². The molecule has 1 heterocycles. The van der Waals surface area contributed by atoms with Crippen LogP contribution in [0.15, 0.2) is 24.3 Å². The summed E-state index contributed by atoms with van der Waals surface area (Å²) >= 11 is 5.28. The first-order valence-corrected chi connectivity index (χ1v) is 9.21. The van der Waals surface area contributed by atoms with Gasteiger partial charge in [0.2, 0.25) is 5.91 Å². The first-order chi connectivity index (χ1) is 12.1. The van der Waals surface area contributed by atoms with Crippen LogP contribution >= 0.6 is 12.2 Å². The van der Waals surface area contributed by atoms with E-state index in [1.54, 1.807) is 12.1 Å². The van der Waals surface area contributed by atoms with Gasteiger partial charge < -0.3 is 9.88 Å². The molecule has 0 saturated heterocycles. The maximum absolute atomic E-state index is 13.2. The Labute approximate surface area is 150 Å². The molecule has 1 amide bonds. The Bertz CT molecular complexity index is 834. The van der Waals surface area contributed by atoms with E-state index in [4.69, 9.17) is 12.2 Å². The van der Waals surface area contributed by atoms with Crippen LogP contribution in [0.5, 0.6) is 0 Å². The van der Waals surface area contributed by atoms with E-state index < -0.39 is 5.41 Å². The van der Waals surface area contributed by atoms with E-state index in [1.165, 1.54) is 12.1 Å². The molecular weight excluding hydrogens is 339 g/mol. The first-order valence-electron chi connectivity index (χ1n) is 8.80. The zero-order chi connectivity index (χ0) is 17.4. The molecule has 0 atom stereocenters. The highest BCUT2D eigenvalue weighted by Gasteiger charge is 2.45. The van der Waals surface area contributed by atoms with E-state index in [0.717, 1.165) is 43.5 Å². The Kier molecular flexibility index (Phi) is 4.19. The molecule has 2 saturated carbocycles. The standard InChI is InChI=1S/C18H21FN4OS/c19-13-4-2-12(3-5-13)18(9-1-10-18)16(24)20-11-8-15-21-22-17(25)23(15)14-6-7-14/h2-5,14H,1,6-11H2,(H,20,24)(H,22,25). The highest BCUT2D eigenvalue weighted by atomic mass is 32.1. The van der Waals surface area contributed by atoms with Crippen molar-refractivity contribution in [1.29, 1.82) is 0 Å². The minimum absolute atomic E-state index is 0.0254. The number of benzene rings is 1. The van der Waals surface area contributed by atoms with E-state index >= 15 is 0 Å². The van der Waals surface area contributed by atoms with Crippen molar-refractivity contribution in [2.45, 2.75) is 50.0 Å². The molecule has 2 N–H and O–H groups in total. The lowest BCUT2D eigenvalue weighted by molar-refractivity contribution is -0.129. The summed E-state index contributed by atoms with van der Waals surface area (Å²) in [6.07, 6.45) is 5.57. The fraction of sp³-hybridized carbons (Fsp3) is 0.500. The lowest BCUT2D eigenvalue weighted by Gasteiger charge is -2.40. The van der Waals surface area contributed by atoms with Crippen molar-refractivity contribution in [2.75, 3.05) is 6.54 Å². The summed E-state index contributed by atoms with van der Waals surface area (Å²) in [6.45, 7) is 0.522. The smallest absolute Gasteiger partial charge is 0.230 e. The van der Waals surface area contributed by atoms with Crippen molar-refractivity contribution < 1.29 is 9.18 Å². The average molecular weight is 360 g/mol. The van der Waals surface area contributed by atoms with Gasteiger partial charge in [-0.15, -0.1) is 0 Å². The Morgan fingerprint density at radius 2 is 2.08 bits per heavy atom. The minimum atomic E-state index is -0.505. The highest BCUT2D eigenvalue weighted by molar-refractivity contribution is 7.71. The van der Waals surface area contributed by atoms with Gasteiger partial charge in [0.15, 0.2) is 4.77 Å². The van der Waals surface area contributed by atoms with Gasteiger partial charge in [-0.3, -0.25) is 9.89 Å². The first kappa shape index (κ1) is 16.4. The molecular formula is C18H21FN4OS. The third-order valence-electron chi connectivity index (χ3n) is 5.36. The largest absolute Gasteiger partial charge is 0.355 e. The number of hydrogen-bond acceptors (Lipinski definition) is 3. The van der Waals surface area contributed by atoms with E-state index in [0.29, 0.717) is 23.8 Å². The summed E-state index contributed by atoms with van der Waals surface area (Å²) in [5, 5.41) is 10.2. The lowest BCUT2D eigenvalue weighted by Crippen LogP contribution is -2.49. The normalized spacial score (nSPS) is 18.6. The molecule has 0 aliphatic heterocycles. The molecule has 0 bridgehead atoms. The molecule has 7 heteroatoms. The van der Waals surface area contributed by atoms with Gasteiger partial charge in [0.05, 0.1) is 5.41 Å². The number of amides is 1. The third-order valence-corrected chi connectivity index (χ3v) is 5.65. The lowest BCUT2D eigenvalue weighted by atomic mass is 9.64. The number of nitrogens with one attached hydrogen (secondary N) is 2. The Hall–Kier alpha value is -2.02. The van der Waals surface area contributed by atoms with Crippen LogP contribution in [0, 0.1) is 10.6 Å². The fourth-order valence-corrected chi connectivity index (χ4v) is 3.93. The van der Waals surface area contributed by atoms with Crippen LogP contribution in [0.2, 0.25) is 0 Å². The zero-order valence-corrected chi connectivity index (χ0v) is 14.7. The molecule has 5 nitrogen and oxygen atoms in total. The molecule has 2 aliphatic rings. The quantitative estimate of drug-likeness (QED) is 0.778. The zero-order valence-electron chi connectivity index (χ0n) is 13.9. The van der Waals surface area contributed by atoms with Crippen molar-refractivity contribution in [3.8, 4) is 0 Å². The van der Waals surface area contributed by atoms with Gasteiger partial charge in [-0.1, -0.05) is 18.6 Å². The predicted molar refractivity (Wildman–Crippen MR) is 94.3 cm³/mol. The summed E-state index contributed by atoms with van der Waals surface area (Å²) in [6, 6.07) is 6.78. The van der Waals surface area contributed by atoms with Crippen molar-refractivity contribution >= 4 is 18.1 Å². The van der Waals surface area contributed by atoms with Crippen molar-refractivity contribution in [1.82, 2.24) is 20.1 Å². The van der Waals surface area contributed by atoms with Crippen LogP contribution in [0.4, 0.5) is 4.39 Å². The number of aromatic nitrogens is 3. The van der Waals surface area contributed by atoms with Crippen molar-refractivity contribution in [3.05, 3.63) is 46.2 Å². The van der Waals surface area contributed by atoms with Crippen molar-refractivity contribution in [3.63, 3.8) is 0 Å². The Morgan fingerprint density at radius 1 is 1.36 bits per heavy atom. The number of carbonyl (C=O) groups is 1. The molecule has 2 aliphatic carbocycles. The third kappa shape index (κ3) is 3.01. The number of nitrogens with zero attached hydrogens (tertiary/aromatic N) is 2. The second-order valence-corrected chi connectivity index (χ2v) is 7.38. The summed E-state index contributed by atoms with van der Waals surface area (Å²) in [4.78, 5) is 12.8. The Morgan fingerprint density at radius 3 is 2.68 bits per heavy atom. The molecule has 1 aromatic heterocycles. The molecule has 0 unspecified atom stereocenters. The molecule has 0 radical (unpaired) electrons. The minimum Gasteiger partial charge on any atom is -0.355 e. The number of halogens is 1. The molecule has 25 heavy (non-hydrogen) atoms. The average Bonchev–Trinajstić information content (AvgIpc) is 3.32. The molecule has 2 fully saturated rings. The number of carbonyl (C=O) groups excluding carboxylic acids is 1. The monoisotopic (exact) mass is 360 g/mol. The molecule has 0 spiro atoms. The van der Waals surface area contributed by atoms with E-state index in [9.17, 15) is 9.18 Å². The van der Waals surface area contributed by atoms with Crippen LogP contribution in [0.1, 0.15) is 49.5 Å². The van der Waals surface area contributed by atoms with Crippen molar-refractivity contribution in [2.24, 2.45) is 0 Å². The topological polar surface area (TPSA) is 62.7 Å². The molecule has 2 aromatic rings. The van der Waals surface area contributed by atoms with Gasteiger partial charge in [0.1, 0.15) is 11.6 Å². The number of hydrogen-bond donors (Lipinski definition) is 2. The SMILES string of the molecule is O=C(NCCc1n[nH]c(=S)n1C1CC1)C1(c2ccc(F)cc2)CCC1. The second kappa shape index (κ2) is 6.37. The van der Waals surface area contributed by atoms with Crippen LogP contribution < -0.4 is 5.32 Å². The second-order valence-electron chi connectivity index (χ2n) is 6.99. The van der Waals surface area contributed by atoms with Gasteiger partial charge in [-0.25, -0.2) is 4.39 Å². The molecule has 132 valence electrons. The summed E-state index contributed by atoms with van der Waals surface area (Å²) < 4.78 is 15.9.